The number of ether oxygens (including phenoxy) is 2. The van der Waals surface area contributed by atoms with Gasteiger partial charge in [0.25, 0.3) is 5.56 Å². The van der Waals surface area contributed by atoms with Gasteiger partial charge in [-0.15, -0.1) is 0 Å². The topological polar surface area (TPSA) is 94.6 Å². The highest BCUT2D eigenvalue weighted by atomic mass is 16.6. The van der Waals surface area contributed by atoms with Crippen molar-refractivity contribution in [1.82, 2.24) is 14.6 Å². The Hall–Kier alpha value is -4.36. The van der Waals surface area contributed by atoms with E-state index in [1.54, 1.807) is 0 Å². The molecule has 0 saturated heterocycles. The summed E-state index contributed by atoms with van der Waals surface area (Å²) in [5.41, 5.74) is 11.8. The van der Waals surface area contributed by atoms with Crippen LogP contribution < -0.4 is 20.8 Å². The fourth-order valence-electron chi connectivity index (χ4n) is 4.45. The van der Waals surface area contributed by atoms with Crippen LogP contribution in [-0.2, 0) is 6.54 Å². The van der Waals surface area contributed by atoms with Gasteiger partial charge >= 0.3 is 0 Å². The number of hydrogen-bond donors (Lipinski definition) is 2. The molecule has 0 saturated carbocycles. The van der Waals surface area contributed by atoms with Crippen LogP contribution in [0.15, 0.2) is 83.7 Å². The van der Waals surface area contributed by atoms with Crippen molar-refractivity contribution < 1.29 is 9.47 Å². The molecule has 3 N–H and O–H groups in total. The van der Waals surface area contributed by atoms with Crippen molar-refractivity contribution in [2.24, 2.45) is 5.73 Å². The summed E-state index contributed by atoms with van der Waals surface area (Å²) < 4.78 is 12.8. The Morgan fingerprint density at radius 1 is 0.824 bits per heavy atom. The standard InChI is InChI=1S/C27H22N4O3/c28-16-20-23(19-11-12-21-22(15-19)34-14-13-33-21)27(32)31-26(29-20)24(17-7-3-1-4-8-17)25(30-31)18-9-5-2-6-10-18/h1-12,15,29H,13-14,16,28H2. The maximum Gasteiger partial charge on any atom is 0.282 e. The van der Waals surface area contributed by atoms with Crippen LogP contribution in [0.4, 0.5) is 0 Å². The normalized spacial score (nSPS) is 12.7. The van der Waals surface area contributed by atoms with Crippen molar-refractivity contribution in [3.05, 3.63) is 94.9 Å². The molecular formula is C27H22N4O3. The molecule has 34 heavy (non-hydrogen) atoms. The summed E-state index contributed by atoms with van der Waals surface area (Å²) in [6.45, 7) is 1.13. The Kier molecular flexibility index (Phi) is 4.89. The Morgan fingerprint density at radius 2 is 1.50 bits per heavy atom. The molecule has 0 aliphatic carbocycles. The van der Waals surface area contributed by atoms with Crippen LogP contribution in [0.2, 0.25) is 0 Å². The second kappa shape index (κ2) is 8.20. The number of H-pyrrole nitrogens is 1. The van der Waals surface area contributed by atoms with E-state index in [4.69, 9.17) is 20.3 Å². The minimum Gasteiger partial charge on any atom is -0.486 e. The smallest absolute Gasteiger partial charge is 0.282 e. The van der Waals surface area contributed by atoms with Crippen molar-refractivity contribution >= 4 is 5.65 Å². The Morgan fingerprint density at radius 3 is 2.21 bits per heavy atom. The number of fused-ring (bicyclic) bond motifs is 2. The first kappa shape index (κ1) is 20.3. The molecule has 1 aliphatic heterocycles. The number of nitrogens with one attached hydrogen (secondary N) is 1. The van der Waals surface area contributed by atoms with Gasteiger partial charge in [0.15, 0.2) is 11.5 Å². The summed E-state index contributed by atoms with van der Waals surface area (Å²) >= 11 is 0. The lowest BCUT2D eigenvalue weighted by Crippen LogP contribution is -2.22. The average Bonchev–Trinajstić information content (AvgIpc) is 3.29. The zero-order valence-corrected chi connectivity index (χ0v) is 18.3. The van der Waals surface area contributed by atoms with Gasteiger partial charge in [0.2, 0.25) is 0 Å². The molecule has 0 fully saturated rings. The largest absolute Gasteiger partial charge is 0.486 e. The Labute approximate surface area is 195 Å². The first-order valence-corrected chi connectivity index (χ1v) is 11.1. The third kappa shape index (κ3) is 3.25. The predicted octanol–water partition coefficient (Wildman–Crippen LogP) is 4.25. The fourth-order valence-corrected chi connectivity index (χ4v) is 4.45. The van der Waals surface area contributed by atoms with E-state index >= 15 is 0 Å². The van der Waals surface area contributed by atoms with Crippen molar-refractivity contribution in [2.75, 3.05) is 13.2 Å². The summed E-state index contributed by atoms with van der Waals surface area (Å²) in [4.78, 5) is 17.3. The lowest BCUT2D eigenvalue weighted by atomic mass is 10.0. The van der Waals surface area contributed by atoms with Crippen LogP contribution in [0.1, 0.15) is 5.69 Å². The Bertz CT molecular complexity index is 1560. The number of nitrogens with two attached hydrogens (primary N) is 1. The van der Waals surface area contributed by atoms with Gasteiger partial charge in [0, 0.05) is 17.8 Å². The monoisotopic (exact) mass is 450 g/mol. The van der Waals surface area contributed by atoms with Gasteiger partial charge in [-0.05, 0) is 23.3 Å². The molecule has 0 spiro atoms. The summed E-state index contributed by atoms with van der Waals surface area (Å²) in [7, 11) is 0. The predicted molar refractivity (Wildman–Crippen MR) is 131 cm³/mol. The van der Waals surface area contributed by atoms with Gasteiger partial charge in [-0.1, -0.05) is 66.7 Å². The van der Waals surface area contributed by atoms with Crippen molar-refractivity contribution in [1.29, 1.82) is 0 Å². The molecule has 7 nitrogen and oxygen atoms in total. The van der Waals surface area contributed by atoms with E-state index in [0.29, 0.717) is 47.2 Å². The second-order valence-corrected chi connectivity index (χ2v) is 8.06. The highest BCUT2D eigenvalue weighted by molar-refractivity contribution is 5.91. The highest BCUT2D eigenvalue weighted by Crippen LogP contribution is 2.37. The van der Waals surface area contributed by atoms with Gasteiger partial charge < -0.3 is 20.2 Å². The minimum atomic E-state index is -0.245. The third-order valence-electron chi connectivity index (χ3n) is 6.01. The number of hydrogen-bond acceptors (Lipinski definition) is 5. The summed E-state index contributed by atoms with van der Waals surface area (Å²) in [6, 6.07) is 25.3. The first-order valence-electron chi connectivity index (χ1n) is 11.1. The second-order valence-electron chi connectivity index (χ2n) is 8.06. The van der Waals surface area contributed by atoms with Crippen molar-refractivity contribution in [3.8, 4) is 45.0 Å². The van der Waals surface area contributed by atoms with Crippen LogP contribution in [0.3, 0.4) is 0 Å². The molecule has 1 aliphatic rings. The first-order chi connectivity index (χ1) is 16.7. The summed E-state index contributed by atoms with van der Waals surface area (Å²) in [5, 5.41) is 4.78. The molecule has 7 heteroatoms. The van der Waals surface area contributed by atoms with E-state index < -0.39 is 0 Å². The van der Waals surface area contributed by atoms with Crippen LogP contribution >= 0.6 is 0 Å². The van der Waals surface area contributed by atoms with E-state index in [9.17, 15) is 4.79 Å². The number of benzene rings is 3. The zero-order chi connectivity index (χ0) is 23.1. The molecule has 0 bridgehead atoms. The van der Waals surface area contributed by atoms with Gasteiger partial charge in [0.1, 0.15) is 24.6 Å². The van der Waals surface area contributed by atoms with E-state index in [1.165, 1.54) is 4.52 Å². The quantitative estimate of drug-likeness (QED) is 0.427. The van der Waals surface area contributed by atoms with E-state index in [-0.39, 0.29) is 12.1 Å². The summed E-state index contributed by atoms with van der Waals surface area (Å²) in [5.74, 6) is 1.28. The number of nitrogens with zero attached hydrogens (tertiary/aromatic N) is 2. The lowest BCUT2D eigenvalue weighted by molar-refractivity contribution is 0.171. The fraction of sp³-hybridized carbons (Fsp3) is 0.111. The molecular weight excluding hydrogens is 428 g/mol. The zero-order valence-electron chi connectivity index (χ0n) is 18.3. The maximum atomic E-state index is 13.9. The van der Waals surface area contributed by atoms with Gasteiger partial charge in [-0.25, -0.2) is 0 Å². The average molecular weight is 450 g/mol. The van der Waals surface area contributed by atoms with Gasteiger partial charge in [-0.2, -0.15) is 9.61 Å². The van der Waals surface area contributed by atoms with Crippen molar-refractivity contribution in [3.63, 3.8) is 0 Å². The highest BCUT2D eigenvalue weighted by Gasteiger charge is 2.23. The molecule has 5 aromatic rings. The van der Waals surface area contributed by atoms with E-state index in [0.717, 1.165) is 22.4 Å². The van der Waals surface area contributed by atoms with Crippen LogP contribution in [0, 0.1) is 0 Å². The summed E-state index contributed by atoms with van der Waals surface area (Å²) in [6.07, 6.45) is 0. The number of rotatable bonds is 4. The molecule has 0 amide bonds. The van der Waals surface area contributed by atoms with Crippen LogP contribution in [0.5, 0.6) is 11.5 Å². The van der Waals surface area contributed by atoms with Gasteiger partial charge in [-0.3, -0.25) is 4.79 Å². The van der Waals surface area contributed by atoms with Crippen LogP contribution in [-0.4, -0.2) is 27.8 Å². The number of aromatic amines is 1. The molecule has 6 rings (SSSR count). The van der Waals surface area contributed by atoms with E-state index in [1.807, 2.05) is 78.9 Å². The molecule has 3 aromatic carbocycles. The minimum absolute atomic E-state index is 0.162. The third-order valence-corrected chi connectivity index (χ3v) is 6.01. The molecule has 168 valence electrons. The SMILES string of the molecule is NCc1[nH]c2c(-c3ccccc3)c(-c3ccccc3)nn2c(=O)c1-c1ccc2c(c1)OCCO2. The van der Waals surface area contributed by atoms with Gasteiger partial charge in [0.05, 0.1) is 11.1 Å². The van der Waals surface area contributed by atoms with Crippen molar-refractivity contribution in [2.45, 2.75) is 6.54 Å². The maximum absolute atomic E-state index is 13.9. The molecule has 3 heterocycles. The van der Waals surface area contributed by atoms with Crippen LogP contribution in [0.25, 0.3) is 39.2 Å². The molecule has 0 unspecified atom stereocenters. The number of aromatic nitrogens is 3. The lowest BCUT2D eigenvalue weighted by Gasteiger charge is -2.19. The molecule has 0 radical (unpaired) electrons. The Balaban J connectivity index is 1.65. The van der Waals surface area contributed by atoms with E-state index in [2.05, 4.69) is 4.98 Å². The molecule has 2 aromatic heterocycles. The molecule has 0 atom stereocenters.